The van der Waals surface area contributed by atoms with Crippen molar-refractivity contribution in [2.45, 2.75) is 31.8 Å². The number of carbonyl (C=O) groups is 1. The van der Waals surface area contributed by atoms with E-state index < -0.39 is 0 Å². The Morgan fingerprint density at radius 3 is 2.67 bits per heavy atom. The van der Waals surface area contributed by atoms with Crippen LogP contribution in [0.3, 0.4) is 0 Å². The highest BCUT2D eigenvalue weighted by Crippen LogP contribution is 2.37. The van der Waals surface area contributed by atoms with Crippen LogP contribution in [-0.4, -0.2) is 25.9 Å². The second kappa shape index (κ2) is 9.74. The summed E-state index contributed by atoms with van der Waals surface area (Å²) in [5.41, 5.74) is 4.53. The van der Waals surface area contributed by atoms with Gasteiger partial charge in [0.15, 0.2) is 0 Å². The standard InChI is InChI=1S/C30H27N5O/c36-30(32-28(16-21-10-11-21)22-6-2-1-3-7-22)27-9-5-4-8-26(27)19-35-20-29(33-34-35)24-12-13-25-18-31-15-14-23(25)17-24/h1-9,12-15,17-18,20-21,28H,10-11,16,19H2,(H,32,36). The molecule has 3 aromatic carbocycles. The summed E-state index contributed by atoms with van der Waals surface area (Å²) in [6.45, 7) is 0.465. The van der Waals surface area contributed by atoms with Crippen molar-refractivity contribution in [1.82, 2.24) is 25.3 Å². The molecule has 0 radical (unpaired) electrons. The van der Waals surface area contributed by atoms with Crippen LogP contribution in [0.25, 0.3) is 22.0 Å². The van der Waals surface area contributed by atoms with Crippen molar-refractivity contribution in [3.63, 3.8) is 0 Å². The lowest BCUT2D eigenvalue weighted by Crippen LogP contribution is -2.30. The van der Waals surface area contributed by atoms with Crippen LogP contribution in [0.15, 0.2) is 97.5 Å². The lowest BCUT2D eigenvalue weighted by atomic mass is 9.99. The molecule has 0 bridgehead atoms. The molecule has 1 amide bonds. The summed E-state index contributed by atoms with van der Waals surface area (Å²) in [6, 6.07) is 26.2. The third-order valence-corrected chi connectivity index (χ3v) is 6.84. The van der Waals surface area contributed by atoms with Gasteiger partial charge in [-0.25, -0.2) is 4.68 Å². The predicted octanol–water partition coefficient (Wildman–Crippen LogP) is 5.81. The Balaban J connectivity index is 1.22. The zero-order valence-electron chi connectivity index (χ0n) is 19.9. The molecule has 1 unspecified atom stereocenters. The molecule has 6 nitrogen and oxygen atoms in total. The molecule has 5 aromatic rings. The van der Waals surface area contributed by atoms with Gasteiger partial charge >= 0.3 is 0 Å². The highest BCUT2D eigenvalue weighted by atomic mass is 16.1. The summed E-state index contributed by atoms with van der Waals surface area (Å²) in [5, 5.41) is 14.2. The number of nitrogens with one attached hydrogen (secondary N) is 1. The molecular weight excluding hydrogens is 446 g/mol. The predicted molar refractivity (Wildman–Crippen MR) is 140 cm³/mol. The van der Waals surface area contributed by atoms with E-state index in [0.29, 0.717) is 18.0 Å². The second-order valence-corrected chi connectivity index (χ2v) is 9.51. The van der Waals surface area contributed by atoms with Crippen molar-refractivity contribution >= 4 is 16.7 Å². The van der Waals surface area contributed by atoms with Crippen molar-refractivity contribution < 1.29 is 4.79 Å². The summed E-state index contributed by atoms with van der Waals surface area (Å²) < 4.78 is 1.79. The van der Waals surface area contributed by atoms with Crippen LogP contribution >= 0.6 is 0 Å². The summed E-state index contributed by atoms with van der Waals surface area (Å²) in [7, 11) is 0. The number of hydrogen-bond donors (Lipinski definition) is 1. The highest BCUT2D eigenvalue weighted by molar-refractivity contribution is 5.96. The van der Waals surface area contributed by atoms with E-state index in [-0.39, 0.29) is 11.9 Å². The van der Waals surface area contributed by atoms with Gasteiger partial charge in [0.05, 0.1) is 18.8 Å². The van der Waals surface area contributed by atoms with E-state index in [1.54, 1.807) is 10.9 Å². The number of fused-ring (bicyclic) bond motifs is 1. The Bertz CT molecular complexity index is 1510. The van der Waals surface area contributed by atoms with E-state index in [1.165, 1.54) is 12.8 Å². The largest absolute Gasteiger partial charge is 0.345 e. The first-order valence-corrected chi connectivity index (χ1v) is 12.4. The molecule has 1 aliphatic rings. The van der Waals surface area contributed by atoms with Gasteiger partial charge in [-0.05, 0) is 47.1 Å². The fraction of sp³-hybridized carbons (Fsp3) is 0.200. The molecule has 0 spiro atoms. The third-order valence-electron chi connectivity index (χ3n) is 6.84. The van der Waals surface area contributed by atoms with Crippen LogP contribution in [-0.2, 0) is 6.54 Å². The third kappa shape index (κ3) is 4.89. The van der Waals surface area contributed by atoms with Crippen LogP contribution in [0, 0.1) is 5.92 Å². The monoisotopic (exact) mass is 473 g/mol. The van der Waals surface area contributed by atoms with Crippen molar-refractivity contribution in [3.8, 4) is 11.3 Å². The summed E-state index contributed by atoms with van der Waals surface area (Å²) in [5.74, 6) is 0.647. The minimum absolute atomic E-state index is 0.0142. The topological polar surface area (TPSA) is 72.7 Å². The zero-order valence-corrected chi connectivity index (χ0v) is 19.9. The maximum absolute atomic E-state index is 13.4. The Morgan fingerprint density at radius 2 is 1.81 bits per heavy atom. The highest BCUT2D eigenvalue weighted by Gasteiger charge is 2.27. The Kier molecular flexibility index (Phi) is 6.00. The molecule has 1 saturated carbocycles. The number of benzene rings is 3. The van der Waals surface area contributed by atoms with Crippen LogP contribution in [0.1, 0.15) is 46.8 Å². The average molecular weight is 474 g/mol. The fourth-order valence-electron chi connectivity index (χ4n) is 4.69. The van der Waals surface area contributed by atoms with Crippen LogP contribution in [0.5, 0.6) is 0 Å². The van der Waals surface area contributed by atoms with Crippen molar-refractivity contribution in [3.05, 3.63) is 114 Å². The van der Waals surface area contributed by atoms with E-state index in [9.17, 15) is 4.79 Å². The molecular formula is C30H27N5O. The summed E-state index contributed by atoms with van der Waals surface area (Å²) in [4.78, 5) is 17.6. The Labute approximate surface area is 210 Å². The number of hydrogen-bond acceptors (Lipinski definition) is 4. The van der Waals surface area contributed by atoms with E-state index in [0.717, 1.165) is 39.6 Å². The molecule has 2 heterocycles. The lowest BCUT2D eigenvalue weighted by Gasteiger charge is -2.20. The number of rotatable bonds is 8. The summed E-state index contributed by atoms with van der Waals surface area (Å²) in [6.07, 6.45) is 9.04. The lowest BCUT2D eigenvalue weighted by molar-refractivity contribution is 0.0932. The first-order valence-electron chi connectivity index (χ1n) is 12.4. The van der Waals surface area contributed by atoms with E-state index >= 15 is 0 Å². The summed E-state index contributed by atoms with van der Waals surface area (Å²) >= 11 is 0. The maximum atomic E-state index is 13.4. The molecule has 1 aliphatic carbocycles. The fourth-order valence-corrected chi connectivity index (χ4v) is 4.69. The van der Waals surface area contributed by atoms with Gasteiger partial charge < -0.3 is 5.32 Å². The number of pyridine rings is 1. The zero-order chi connectivity index (χ0) is 24.3. The smallest absolute Gasteiger partial charge is 0.252 e. The van der Waals surface area contributed by atoms with Gasteiger partial charge in [0.2, 0.25) is 0 Å². The Hall–Kier alpha value is -4.32. The minimum atomic E-state index is -0.0522. The minimum Gasteiger partial charge on any atom is -0.345 e. The quantitative estimate of drug-likeness (QED) is 0.309. The normalized spacial score (nSPS) is 14.0. The van der Waals surface area contributed by atoms with Gasteiger partial charge in [0.25, 0.3) is 5.91 Å². The number of amides is 1. The van der Waals surface area contributed by atoms with Crippen molar-refractivity contribution in [2.75, 3.05) is 0 Å². The van der Waals surface area contributed by atoms with Gasteiger partial charge in [0, 0.05) is 28.9 Å². The van der Waals surface area contributed by atoms with E-state index in [1.807, 2.05) is 73.1 Å². The number of nitrogens with zero attached hydrogens (tertiary/aromatic N) is 4. The van der Waals surface area contributed by atoms with Crippen molar-refractivity contribution in [2.24, 2.45) is 5.92 Å². The van der Waals surface area contributed by atoms with Gasteiger partial charge in [-0.1, -0.05) is 78.7 Å². The van der Waals surface area contributed by atoms with Crippen LogP contribution in [0.4, 0.5) is 0 Å². The Morgan fingerprint density at radius 1 is 0.972 bits per heavy atom. The SMILES string of the molecule is O=C(NC(CC1CC1)c1ccccc1)c1ccccc1Cn1cc(-c2ccc3cnccc3c2)nn1. The van der Waals surface area contributed by atoms with Gasteiger partial charge in [-0.3, -0.25) is 9.78 Å². The molecule has 6 rings (SSSR count). The molecule has 0 aliphatic heterocycles. The molecule has 1 fully saturated rings. The van der Waals surface area contributed by atoms with Crippen LogP contribution in [0.2, 0.25) is 0 Å². The number of aromatic nitrogens is 4. The average Bonchev–Trinajstić information content (AvgIpc) is 3.63. The van der Waals surface area contributed by atoms with E-state index in [4.69, 9.17) is 0 Å². The first kappa shape index (κ1) is 22.2. The van der Waals surface area contributed by atoms with Gasteiger partial charge in [-0.15, -0.1) is 5.10 Å². The number of carbonyl (C=O) groups excluding carboxylic acids is 1. The molecule has 6 heteroatoms. The van der Waals surface area contributed by atoms with Gasteiger partial charge in [-0.2, -0.15) is 0 Å². The maximum Gasteiger partial charge on any atom is 0.252 e. The van der Waals surface area contributed by atoms with Crippen LogP contribution < -0.4 is 5.32 Å². The molecule has 0 saturated heterocycles. The molecule has 1 atom stereocenters. The first-order chi connectivity index (χ1) is 17.7. The molecule has 178 valence electrons. The molecule has 2 aromatic heterocycles. The second-order valence-electron chi connectivity index (χ2n) is 9.51. The molecule has 1 N–H and O–H groups in total. The van der Waals surface area contributed by atoms with E-state index in [2.05, 4.69) is 38.8 Å². The van der Waals surface area contributed by atoms with Gasteiger partial charge in [0.1, 0.15) is 5.69 Å². The van der Waals surface area contributed by atoms with Crippen molar-refractivity contribution in [1.29, 1.82) is 0 Å². The molecule has 36 heavy (non-hydrogen) atoms.